The van der Waals surface area contributed by atoms with Crippen LogP contribution in [0.5, 0.6) is 11.5 Å². The van der Waals surface area contributed by atoms with Gasteiger partial charge in [-0.25, -0.2) is 9.37 Å². The number of anilines is 1. The van der Waals surface area contributed by atoms with E-state index >= 15 is 0 Å². The predicted molar refractivity (Wildman–Crippen MR) is 119 cm³/mol. The number of nitrogens with zero attached hydrogens (tertiary/aromatic N) is 1. The van der Waals surface area contributed by atoms with Gasteiger partial charge < -0.3 is 14.8 Å². The Morgan fingerprint density at radius 1 is 1.00 bits per heavy atom. The van der Waals surface area contributed by atoms with Crippen LogP contribution in [0.4, 0.5) is 10.1 Å². The molecule has 1 heterocycles. The lowest BCUT2D eigenvalue weighted by molar-refractivity contribution is 0.102. The molecule has 0 unspecified atom stereocenters. The van der Waals surface area contributed by atoms with Gasteiger partial charge in [-0.15, -0.1) is 0 Å². The van der Waals surface area contributed by atoms with Gasteiger partial charge in [0.15, 0.2) is 0 Å². The molecule has 1 N–H and O–H groups in total. The SMILES string of the molecule is CCOc1cc(-c2ccc(OC)cc2)nc2ccc(NC(=O)c3ccc(F)cc3)cc12. The summed E-state index contributed by atoms with van der Waals surface area (Å²) in [6.07, 6.45) is 0. The molecule has 0 aliphatic carbocycles. The molecule has 4 rings (SSSR count). The molecule has 0 fully saturated rings. The largest absolute Gasteiger partial charge is 0.497 e. The molecule has 0 saturated carbocycles. The van der Waals surface area contributed by atoms with Crippen molar-refractivity contribution in [3.8, 4) is 22.8 Å². The standard InChI is InChI=1S/C25H21FN2O3/c1-3-31-24-15-23(16-6-11-20(30-2)12-7-16)28-22-13-10-19(14-21(22)24)27-25(29)17-4-8-18(26)9-5-17/h4-15H,3H2,1-2H3,(H,27,29). The first-order chi connectivity index (χ1) is 15.1. The Labute approximate surface area is 179 Å². The molecular weight excluding hydrogens is 395 g/mol. The number of halogens is 1. The number of hydrogen-bond acceptors (Lipinski definition) is 4. The summed E-state index contributed by atoms with van der Waals surface area (Å²) in [6.45, 7) is 2.41. The molecule has 1 aromatic heterocycles. The number of methoxy groups -OCH3 is 1. The number of carbonyl (C=O) groups excluding carboxylic acids is 1. The maximum atomic E-state index is 13.1. The van der Waals surface area contributed by atoms with E-state index in [9.17, 15) is 9.18 Å². The van der Waals surface area contributed by atoms with Gasteiger partial charge in [0.05, 0.1) is 24.9 Å². The van der Waals surface area contributed by atoms with E-state index in [0.717, 1.165) is 27.9 Å². The molecule has 0 spiro atoms. The summed E-state index contributed by atoms with van der Waals surface area (Å²) in [5, 5.41) is 3.63. The van der Waals surface area contributed by atoms with Crippen LogP contribution in [0.25, 0.3) is 22.2 Å². The van der Waals surface area contributed by atoms with E-state index in [1.807, 2.05) is 49.4 Å². The molecule has 0 saturated heterocycles. The fourth-order valence-electron chi connectivity index (χ4n) is 3.26. The maximum absolute atomic E-state index is 13.1. The minimum Gasteiger partial charge on any atom is -0.497 e. The number of hydrogen-bond donors (Lipinski definition) is 1. The second kappa shape index (κ2) is 8.83. The number of aromatic nitrogens is 1. The van der Waals surface area contributed by atoms with Gasteiger partial charge in [0, 0.05) is 28.3 Å². The van der Waals surface area contributed by atoms with Crippen molar-refractivity contribution in [2.45, 2.75) is 6.92 Å². The van der Waals surface area contributed by atoms with Crippen molar-refractivity contribution in [1.29, 1.82) is 0 Å². The molecule has 0 atom stereocenters. The van der Waals surface area contributed by atoms with Crippen molar-refractivity contribution in [3.63, 3.8) is 0 Å². The second-order valence-corrected chi connectivity index (χ2v) is 6.86. The van der Waals surface area contributed by atoms with Gasteiger partial charge in [0.25, 0.3) is 5.91 Å². The Morgan fingerprint density at radius 3 is 2.42 bits per heavy atom. The Bertz CT molecular complexity index is 1220. The quantitative estimate of drug-likeness (QED) is 0.438. The number of nitrogens with one attached hydrogen (secondary N) is 1. The topological polar surface area (TPSA) is 60.5 Å². The molecule has 6 heteroatoms. The van der Waals surface area contributed by atoms with Gasteiger partial charge in [-0.3, -0.25) is 4.79 Å². The fraction of sp³-hybridized carbons (Fsp3) is 0.120. The normalized spacial score (nSPS) is 10.7. The zero-order valence-corrected chi connectivity index (χ0v) is 17.2. The van der Waals surface area contributed by atoms with Crippen molar-refractivity contribution in [3.05, 3.63) is 84.2 Å². The summed E-state index contributed by atoms with van der Waals surface area (Å²) >= 11 is 0. The zero-order chi connectivity index (χ0) is 21.8. The van der Waals surface area contributed by atoms with Gasteiger partial charge in [-0.1, -0.05) is 0 Å². The molecule has 0 radical (unpaired) electrons. The fourth-order valence-corrected chi connectivity index (χ4v) is 3.26. The average molecular weight is 416 g/mol. The molecule has 1 amide bonds. The Kier molecular flexibility index (Phi) is 5.80. The van der Waals surface area contributed by atoms with E-state index in [-0.39, 0.29) is 11.7 Å². The van der Waals surface area contributed by atoms with Crippen molar-refractivity contribution >= 4 is 22.5 Å². The molecule has 156 valence electrons. The molecule has 31 heavy (non-hydrogen) atoms. The third kappa shape index (κ3) is 4.48. The van der Waals surface area contributed by atoms with Crippen LogP contribution in [-0.2, 0) is 0 Å². The summed E-state index contributed by atoms with van der Waals surface area (Å²) in [6, 6.07) is 20.4. The highest BCUT2D eigenvalue weighted by atomic mass is 19.1. The summed E-state index contributed by atoms with van der Waals surface area (Å²) in [7, 11) is 1.63. The first-order valence-electron chi connectivity index (χ1n) is 9.86. The van der Waals surface area contributed by atoms with Crippen LogP contribution in [0.2, 0.25) is 0 Å². The molecule has 3 aromatic carbocycles. The van der Waals surface area contributed by atoms with E-state index in [1.165, 1.54) is 24.3 Å². The number of pyridine rings is 1. The highest BCUT2D eigenvalue weighted by Crippen LogP contribution is 2.32. The van der Waals surface area contributed by atoms with Crippen molar-refractivity contribution in [2.24, 2.45) is 0 Å². The van der Waals surface area contributed by atoms with Crippen LogP contribution in [0, 0.1) is 5.82 Å². The Hall–Kier alpha value is -3.93. The van der Waals surface area contributed by atoms with Crippen LogP contribution in [0.1, 0.15) is 17.3 Å². The minimum atomic E-state index is -0.387. The predicted octanol–water partition coefficient (Wildman–Crippen LogP) is 5.70. The minimum absolute atomic E-state index is 0.319. The van der Waals surface area contributed by atoms with Crippen molar-refractivity contribution in [1.82, 2.24) is 4.98 Å². The van der Waals surface area contributed by atoms with Crippen molar-refractivity contribution in [2.75, 3.05) is 19.0 Å². The van der Waals surface area contributed by atoms with Crippen LogP contribution in [0.3, 0.4) is 0 Å². The van der Waals surface area contributed by atoms with Gasteiger partial charge >= 0.3 is 0 Å². The third-order valence-corrected chi connectivity index (χ3v) is 4.82. The van der Waals surface area contributed by atoms with E-state index in [2.05, 4.69) is 5.32 Å². The highest BCUT2D eigenvalue weighted by Gasteiger charge is 2.12. The highest BCUT2D eigenvalue weighted by molar-refractivity contribution is 6.05. The lowest BCUT2D eigenvalue weighted by Gasteiger charge is -2.12. The smallest absolute Gasteiger partial charge is 0.255 e. The van der Waals surface area contributed by atoms with E-state index in [4.69, 9.17) is 14.5 Å². The number of ether oxygens (including phenoxy) is 2. The number of rotatable bonds is 6. The van der Waals surface area contributed by atoms with Crippen LogP contribution >= 0.6 is 0 Å². The molecule has 5 nitrogen and oxygen atoms in total. The van der Waals surface area contributed by atoms with Crippen LogP contribution in [0.15, 0.2) is 72.8 Å². The molecular formula is C25H21FN2O3. The maximum Gasteiger partial charge on any atom is 0.255 e. The summed E-state index contributed by atoms with van der Waals surface area (Å²) in [4.78, 5) is 17.2. The third-order valence-electron chi connectivity index (χ3n) is 4.82. The summed E-state index contributed by atoms with van der Waals surface area (Å²) in [5.41, 5.74) is 3.44. The van der Waals surface area contributed by atoms with Crippen LogP contribution < -0.4 is 14.8 Å². The number of amides is 1. The zero-order valence-electron chi connectivity index (χ0n) is 17.2. The van der Waals surface area contributed by atoms with Gasteiger partial charge in [0.1, 0.15) is 17.3 Å². The number of benzene rings is 3. The Balaban J connectivity index is 1.68. The molecule has 0 aliphatic rings. The lowest BCUT2D eigenvalue weighted by atomic mass is 10.1. The first-order valence-corrected chi connectivity index (χ1v) is 9.86. The van der Waals surface area contributed by atoms with Crippen LogP contribution in [-0.4, -0.2) is 24.6 Å². The monoisotopic (exact) mass is 416 g/mol. The molecule has 0 aliphatic heterocycles. The molecule has 4 aromatic rings. The van der Waals surface area contributed by atoms with Gasteiger partial charge in [-0.2, -0.15) is 0 Å². The van der Waals surface area contributed by atoms with Crippen molar-refractivity contribution < 1.29 is 18.7 Å². The first kappa shape index (κ1) is 20.3. The molecule has 0 bridgehead atoms. The van der Waals surface area contributed by atoms with Gasteiger partial charge in [-0.05, 0) is 73.7 Å². The second-order valence-electron chi connectivity index (χ2n) is 6.86. The summed E-state index contributed by atoms with van der Waals surface area (Å²) in [5.74, 6) is 0.745. The van der Waals surface area contributed by atoms with E-state index in [0.29, 0.717) is 23.6 Å². The summed E-state index contributed by atoms with van der Waals surface area (Å²) < 4.78 is 24.2. The average Bonchev–Trinajstić information content (AvgIpc) is 2.80. The Morgan fingerprint density at radius 2 is 1.74 bits per heavy atom. The lowest BCUT2D eigenvalue weighted by Crippen LogP contribution is -2.11. The van der Waals surface area contributed by atoms with E-state index in [1.54, 1.807) is 13.2 Å². The van der Waals surface area contributed by atoms with Gasteiger partial charge in [0.2, 0.25) is 0 Å². The number of carbonyl (C=O) groups is 1. The number of fused-ring (bicyclic) bond motifs is 1. The van der Waals surface area contributed by atoms with E-state index < -0.39 is 0 Å².